The molecule has 0 radical (unpaired) electrons. The normalized spacial score (nSPS) is 11.3. The molecule has 6 nitrogen and oxygen atoms in total. The van der Waals surface area contributed by atoms with E-state index in [9.17, 15) is 13.2 Å². The van der Waals surface area contributed by atoms with Crippen molar-refractivity contribution in [3.63, 3.8) is 0 Å². The summed E-state index contributed by atoms with van der Waals surface area (Å²) in [5.41, 5.74) is 0.930. The molecule has 0 saturated carbocycles. The van der Waals surface area contributed by atoms with Crippen molar-refractivity contribution < 1.29 is 17.9 Å². The maximum atomic E-state index is 11.9. The zero-order chi connectivity index (χ0) is 17.3. The summed E-state index contributed by atoms with van der Waals surface area (Å²) in [5.74, 6) is 0.528. The molecule has 0 unspecified atom stereocenters. The van der Waals surface area contributed by atoms with Crippen LogP contribution in [0.3, 0.4) is 0 Å². The van der Waals surface area contributed by atoms with E-state index in [4.69, 9.17) is 4.74 Å². The van der Waals surface area contributed by atoms with Gasteiger partial charge < -0.3 is 10.1 Å². The van der Waals surface area contributed by atoms with E-state index in [0.29, 0.717) is 19.5 Å². The second-order valence-electron chi connectivity index (χ2n) is 5.07. The third-order valence-electron chi connectivity index (χ3n) is 3.32. The zero-order valence-electron chi connectivity index (χ0n) is 13.6. The maximum absolute atomic E-state index is 11.9. The molecule has 128 valence electrons. The topological polar surface area (TPSA) is 75.7 Å². The Morgan fingerprint density at radius 1 is 1.35 bits per heavy atom. The number of rotatable bonds is 10. The van der Waals surface area contributed by atoms with Gasteiger partial charge in [-0.1, -0.05) is 24.3 Å². The molecular formula is C16H24N2O4S. The van der Waals surface area contributed by atoms with Crippen LogP contribution in [0, 0.1) is 0 Å². The monoisotopic (exact) mass is 340 g/mol. The number of amides is 1. The summed E-state index contributed by atoms with van der Waals surface area (Å²) in [7, 11) is -1.80. The van der Waals surface area contributed by atoms with Crippen molar-refractivity contribution >= 4 is 15.9 Å². The number of carbonyl (C=O) groups excluding carboxylic acids is 1. The highest BCUT2D eigenvalue weighted by Gasteiger charge is 2.18. The van der Waals surface area contributed by atoms with E-state index in [1.54, 1.807) is 13.2 Å². The summed E-state index contributed by atoms with van der Waals surface area (Å²) in [6.45, 7) is 4.34. The number of hydrogen-bond donors (Lipinski definition) is 1. The summed E-state index contributed by atoms with van der Waals surface area (Å²) in [5, 5.41) is 2.63. The highest BCUT2D eigenvalue weighted by atomic mass is 32.2. The largest absolute Gasteiger partial charge is 0.496 e. The van der Waals surface area contributed by atoms with Gasteiger partial charge in [0.1, 0.15) is 5.75 Å². The minimum Gasteiger partial charge on any atom is -0.496 e. The minimum absolute atomic E-state index is 0.118. The standard InChI is InChI=1S/C16H24N2O4S/c1-4-11-17-16(19)10-13-18(23(3,20)21)12-9-14-7-5-6-8-15(14)22-2/h4-8H,1,9-13H2,2-3H3,(H,17,19). The predicted octanol–water partition coefficient (Wildman–Crippen LogP) is 1.19. The van der Waals surface area contributed by atoms with Crippen LogP contribution in [0.25, 0.3) is 0 Å². The maximum Gasteiger partial charge on any atom is 0.221 e. The first-order valence-corrected chi connectivity index (χ1v) is 9.18. The lowest BCUT2D eigenvalue weighted by atomic mass is 10.1. The minimum atomic E-state index is -3.38. The molecule has 1 aromatic carbocycles. The fraction of sp³-hybridized carbons (Fsp3) is 0.438. The molecule has 0 fully saturated rings. The third kappa shape index (κ3) is 6.83. The second-order valence-corrected chi connectivity index (χ2v) is 7.05. The van der Waals surface area contributed by atoms with Crippen LogP contribution in [-0.4, -0.2) is 51.6 Å². The molecule has 0 aromatic heterocycles. The molecule has 0 saturated heterocycles. The van der Waals surface area contributed by atoms with E-state index in [-0.39, 0.29) is 18.9 Å². The molecule has 1 rings (SSSR count). The summed E-state index contributed by atoms with van der Waals surface area (Å²) in [6, 6.07) is 7.48. The van der Waals surface area contributed by atoms with Gasteiger partial charge in [0.15, 0.2) is 0 Å². The molecule has 1 N–H and O–H groups in total. The Hall–Kier alpha value is -1.86. The zero-order valence-corrected chi connectivity index (χ0v) is 14.4. The van der Waals surface area contributed by atoms with Crippen LogP contribution in [0.5, 0.6) is 5.75 Å². The number of methoxy groups -OCH3 is 1. The van der Waals surface area contributed by atoms with Crippen molar-refractivity contribution in [1.82, 2.24) is 9.62 Å². The summed E-state index contributed by atoms with van der Waals surface area (Å²) in [4.78, 5) is 11.6. The highest BCUT2D eigenvalue weighted by Crippen LogP contribution is 2.18. The van der Waals surface area contributed by atoms with Crippen LogP contribution in [0.15, 0.2) is 36.9 Å². The van der Waals surface area contributed by atoms with Crippen LogP contribution in [-0.2, 0) is 21.2 Å². The van der Waals surface area contributed by atoms with Crippen LogP contribution in [0.4, 0.5) is 0 Å². The Balaban J connectivity index is 2.65. The van der Waals surface area contributed by atoms with Crippen LogP contribution < -0.4 is 10.1 Å². The first-order chi connectivity index (χ1) is 10.9. The Labute approximate surface area is 138 Å². The number of nitrogens with one attached hydrogen (secondary N) is 1. The smallest absolute Gasteiger partial charge is 0.221 e. The Bertz CT molecular complexity index is 629. The van der Waals surface area contributed by atoms with E-state index in [2.05, 4.69) is 11.9 Å². The van der Waals surface area contributed by atoms with Gasteiger partial charge in [-0.3, -0.25) is 4.79 Å². The lowest BCUT2D eigenvalue weighted by molar-refractivity contribution is -0.120. The van der Waals surface area contributed by atoms with Crippen molar-refractivity contribution in [2.24, 2.45) is 0 Å². The molecule has 0 heterocycles. The summed E-state index contributed by atoms with van der Waals surface area (Å²) < 4.78 is 30.3. The lowest BCUT2D eigenvalue weighted by Gasteiger charge is -2.20. The molecule has 23 heavy (non-hydrogen) atoms. The number of sulfonamides is 1. The number of ether oxygens (including phenoxy) is 1. The van der Waals surface area contributed by atoms with Crippen molar-refractivity contribution in [2.75, 3.05) is 33.0 Å². The molecule has 1 amide bonds. The predicted molar refractivity (Wildman–Crippen MR) is 90.9 cm³/mol. The average Bonchev–Trinajstić information content (AvgIpc) is 2.51. The van der Waals surface area contributed by atoms with E-state index < -0.39 is 10.0 Å². The van der Waals surface area contributed by atoms with Gasteiger partial charge in [-0.2, -0.15) is 0 Å². The number of nitrogens with zero attached hydrogens (tertiary/aromatic N) is 1. The quantitative estimate of drug-likeness (QED) is 0.649. The first kappa shape index (κ1) is 19.2. The first-order valence-electron chi connectivity index (χ1n) is 7.33. The summed E-state index contributed by atoms with van der Waals surface area (Å²) >= 11 is 0. The molecule has 0 aliphatic heterocycles. The van der Waals surface area contributed by atoms with Gasteiger partial charge in [-0.15, -0.1) is 6.58 Å². The fourth-order valence-corrected chi connectivity index (χ4v) is 2.94. The molecule has 7 heteroatoms. The SMILES string of the molecule is C=CCNC(=O)CCN(CCc1ccccc1OC)S(C)(=O)=O. The number of para-hydroxylation sites is 1. The van der Waals surface area contributed by atoms with Gasteiger partial charge in [0.05, 0.1) is 13.4 Å². The highest BCUT2D eigenvalue weighted by molar-refractivity contribution is 7.88. The molecule has 0 spiro atoms. The van der Waals surface area contributed by atoms with Gasteiger partial charge in [0, 0.05) is 26.1 Å². The third-order valence-corrected chi connectivity index (χ3v) is 4.63. The number of benzene rings is 1. The second kappa shape index (κ2) is 9.32. The van der Waals surface area contributed by atoms with Gasteiger partial charge in [0.2, 0.25) is 15.9 Å². The van der Waals surface area contributed by atoms with Gasteiger partial charge in [-0.25, -0.2) is 12.7 Å². The summed E-state index contributed by atoms with van der Waals surface area (Å²) in [6.07, 6.45) is 3.36. The molecular weight excluding hydrogens is 316 g/mol. The van der Waals surface area contributed by atoms with E-state index in [1.165, 1.54) is 4.31 Å². The molecule has 1 aromatic rings. The van der Waals surface area contributed by atoms with Crippen molar-refractivity contribution in [3.05, 3.63) is 42.5 Å². The number of hydrogen-bond acceptors (Lipinski definition) is 4. The van der Waals surface area contributed by atoms with Crippen molar-refractivity contribution in [1.29, 1.82) is 0 Å². The Morgan fingerprint density at radius 3 is 2.65 bits per heavy atom. The lowest BCUT2D eigenvalue weighted by Crippen LogP contribution is -2.36. The van der Waals surface area contributed by atoms with Gasteiger partial charge >= 0.3 is 0 Å². The van der Waals surface area contributed by atoms with Gasteiger partial charge in [0.25, 0.3) is 0 Å². The Kier molecular flexibility index (Phi) is 7.77. The fourth-order valence-electron chi connectivity index (χ4n) is 2.10. The van der Waals surface area contributed by atoms with Crippen LogP contribution in [0.1, 0.15) is 12.0 Å². The van der Waals surface area contributed by atoms with E-state index in [0.717, 1.165) is 17.6 Å². The van der Waals surface area contributed by atoms with E-state index in [1.807, 2.05) is 24.3 Å². The van der Waals surface area contributed by atoms with Crippen molar-refractivity contribution in [2.45, 2.75) is 12.8 Å². The molecule has 0 aliphatic carbocycles. The van der Waals surface area contributed by atoms with Gasteiger partial charge in [-0.05, 0) is 18.1 Å². The Morgan fingerprint density at radius 2 is 2.04 bits per heavy atom. The number of carbonyl (C=O) groups is 1. The molecule has 0 aliphatic rings. The van der Waals surface area contributed by atoms with E-state index >= 15 is 0 Å². The van der Waals surface area contributed by atoms with Crippen molar-refractivity contribution in [3.8, 4) is 5.75 Å². The molecule has 0 atom stereocenters. The van der Waals surface area contributed by atoms with Crippen LogP contribution in [0.2, 0.25) is 0 Å². The molecule has 0 bridgehead atoms. The average molecular weight is 340 g/mol. The van der Waals surface area contributed by atoms with Crippen LogP contribution >= 0.6 is 0 Å².